The smallest absolute Gasteiger partial charge is 0.119 e. The molecule has 1 rings (SSSR count). The van der Waals surface area contributed by atoms with E-state index in [1.807, 2.05) is 0 Å². The molecular weight excluding hydrogens is 234 g/mol. The van der Waals surface area contributed by atoms with Gasteiger partial charge < -0.3 is 10.1 Å². The minimum absolute atomic E-state index is 0.231. The number of likely N-dealkylation sites (N-methyl/N-ethyl adjacent to an activating group) is 1. The predicted octanol–water partition coefficient (Wildman–Crippen LogP) is 4.21. The van der Waals surface area contributed by atoms with E-state index < -0.39 is 0 Å². The summed E-state index contributed by atoms with van der Waals surface area (Å²) in [5, 5.41) is 3.36. The predicted molar refractivity (Wildman–Crippen MR) is 82.9 cm³/mol. The van der Waals surface area contributed by atoms with Crippen LogP contribution in [0.2, 0.25) is 0 Å². The van der Waals surface area contributed by atoms with Crippen LogP contribution in [0.15, 0.2) is 24.3 Å². The molecule has 0 fully saturated rings. The molecule has 0 aliphatic rings. The third kappa shape index (κ3) is 5.23. The van der Waals surface area contributed by atoms with Gasteiger partial charge in [-0.2, -0.15) is 0 Å². The zero-order chi connectivity index (χ0) is 14.3. The van der Waals surface area contributed by atoms with E-state index in [0.717, 1.165) is 18.8 Å². The Kier molecular flexibility index (Phi) is 6.93. The second-order valence-corrected chi connectivity index (χ2v) is 5.59. The molecule has 2 heteroatoms. The summed E-state index contributed by atoms with van der Waals surface area (Å²) in [5.74, 6) is 2.11. The molecule has 1 N–H and O–H groups in total. The average Bonchev–Trinajstić information content (AvgIpc) is 2.43. The van der Waals surface area contributed by atoms with E-state index in [1.54, 1.807) is 0 Å². The first-order chi connectivity index (χ1) is 9.08. The molecule has 1 aromatic carbocycles. The van der Waals surface area contributed by atoms with Crippen LogP contribution in [0.25, 0.3) is 0 Å². The molecule has 0 amide bonds. The van der Waals surface area contributed by atoms with E-state index in [2.05, 4.69) is 64.2 Å². The van der Waals surface area contributed by atoms with E-state index in [1.165, 1.54) is 12.0 Å². The first-order valence-corrected chi connectivity index (χ1v) is 7.55. The Balaban J connectivity index is 2.64. The average molecular weight is 263 g/mol. The van der Waals surface area contributed by atoms with Crippen molar-refractivity contribution in [2.75, 3.05) is 13.1 Å². The van der Waals surface area contributed by atoms with Crippen molar-refractivity contribution in [1.82, 2.24) is 5.32 Å². The third-order valence-electron chi connectivity index (χ3n) is 3.69. The van der Waals surface area contributed by atoms with Gasteiger partial charge in [0.25, 0.3) is 0 Å². The van der Waals surface area contributed by atoms with Crippen molar-refractivity contribution in [2.45, 2.75) is 53.1 Å². The molecule has 0 aromatic heterocycles. The summed E-state index contributed by atoms with van der Waals surface area (Å²) in [4.78, 5) is 0. The van der Waals surface area contributed by atoms with Crippen LogP contribution < -0.4 is 10.1 Å². The van der Waals surface area contributed by atoms with E-state index in [9.17, 15) is 0 Å². The zero-order valence-electron chi connectivity index (χ0n) is 13.1. The lowest BCUT2D eigenvalue weighted by molar-refractivity contribution is 0.149. The lowest BCUT2D eigenvalue weighted by atomic mass is 9.99. The second-order valence-electron chi connectivity index (χ2n) is 5.59. The maximum atomic E-state index is 6.08. The fraction of sp³-hybridized carbons (Fsp3) is 0.647. The number of ether oxygens (including phenoxy) is 1. The van der Waals surface area contributed by atoms with E-state index in [0.29, 0.717) is 11.8 Å². The van der Waals surface area contributed by atoms with Gasteiger partial charge in [0, 0.05) is 6.54 Å². The zero-order valence-corrected chi connectivity index (χ0v) is 13.1. The Labute approximate surface area is 118 Å². The molecule has 1 aromatic rings. The first kappa shape index (κ1) is 16.0. The number of rotatable bonds is 8. The molecule has 108 valence electrons. The summed E-state index contributed by atoms with van der Waals surface area (Å²) >= 11 is 0. The molecule has 0 aliphatic heterocycles. The minimum atomic E-state index is 0.231. The van der Waals surface area contributed by atoms with Crippen LogP contribution in [0, 0.1) is 5.92 Å². The van der Waals surface area contributed by atoms with Gasteiger partial charge in [-0.1, -0.05) is 46.8 Å². The topological polar surface area (TPSA) is 21.3 Å². The van der Waals surface area contributed by atoms with Crippen LogP contribution in [-0.4, -0.2) is 19.2 Å². The van der Waals surface area contributed by atoms with E-state index in [-0.39, 0.29) is 6.10 Å². The molecule has 0 saturated heterocycles. The Morgan fingerprint density at radius 2 is 1.68 bits per heavy atom. The molecule has 0 radical (unpaired) electrons. The van der Waals surface area contributed by atoms with Crippen molar-refractivity contribution in [3.8, 4) is 5.75 Å². The highest BCUT2D eigenvalue weighted by Gasteiger charge is 2.14. The second kappa shape index (κ2) is 8.21. The molecule has 19 heavy (non-hydrogen) atoms. The van der Waals surface area contributed by atoms with Gasteiger partial charge in [0.05, 0.1) is 0 Å². The lowest BCUT2D eigenvalue weighted by Crippen LogP contribution is -2.35. The Hall–Kier alpha value is -1.02. The minimum Gasteiger partial charge on any atom is -0.489 e. The van der Waals surface area contributed by atoms with Crippen molar-refractivity contribution in [3.63, 3.8) is 0 Å². The van der Waals surface area contributed by atoms with Gasteiger partial charge in [-0.05, 0) is 42.5 Å². The van der Waals surface area contributed by atoms with Crippen LogP contribution >= 0.6 is 0 Å². The fourth-order valence-electron chi connectivity index (χ4n) is 1.99. The molecule has 0 heterocycles. The maximum absolute atomic E-state index is 6.08. The largest absolute Gasteiger partial charge is 0.489 e. The Bertz CT molecular complexity index is 345. The number of benzene rings is 1. The maximum Gasteiger partial charge on any atom is 0.119 e. The SMILES string of the molecule is CCNCC(Oc1ccc(C(C)CC)cc1)C(C)C. The van der Waals surface area contributed by atoms with Crippen molar-refractivity contribution in [3.05, 3.63) is 29.8 Å². The molecule has 0 spiro atoms. The van der Waals surface area contributed by atoms with Crippen molar-refractivity contribution < 1.29 is 4.74 Å². The van der Waals surface area contributed by atoms with E-state index in [4.69, 9.17) is 4.74 Å². The fourth-order valence-corrected chi connectivity index (χ4v) is 1.99. The first-order valence-electron chi connectivity index (χ1n) is 7.55. The van der Waals surface area contributed by atoms with Crippen LogP contribution in [-0.2, 0) is 0 Å². The normalized spacial score (nSPS) is 14.4. The number of nitrogens with one attached hydrogen (secondary N) is 1. The summed E-state index contributed by atoms with van der Waals surface area (Å²) < 4.78 is 6.08. The molecular formula is C17H29NO. The standard InChI is InChI=1S/C17H29NO/c1-6-14(5)15-8-10-16(11-9-15)19-17(13(3)4)12-18-7-2/h8-11,13-14,17-18H,6-7,12H2,1-5H3. The Morgan fingerprint density at radius 3 is 2.16 bits per heavy atom. The van der Waals surface area contributed by atoms with Gasteiger partial charge in [0.15, 0.2) is 0 Å². The molecule has 0 aliphatic carbocycles. The summed E-state index contributed by atoms with van der Waals surface area (Å²) in [6, 6.07) is 8.58. The molecule has 0 saturated carbocycles. The van der Waals surface area contributed by atoms with Gasteiger partial charge in [0.1, 0.15) is 11.9 Å². The summed E-state index contributed by atoms with van der Waals surface area (Å²) in [6.45, 7) is 12.9. The molecule has 0 bridgehead atoms. The van der Waals surface area contributed by atoms with Gasteiger partial charge in [-0.15, -0.1) is 0 Å². The highest BCUT2D eigenvalue weighted by atomic mass is 16.5. The van der Waals surface area contributed by atoms with Crippen LogP contribution in [0.4, 0.5) is 0 Å². The van der Waals surface area contributed by atoms with Gasteiger partial charge >= 0.3 is 0 Å². The van der Waals surface area contributed by atoms with Crippen LogP contribution in [0.1, 0.15) is 52.5 Å². The Morgan fingerprint density at radius 1 is 1.05 bits per heavy atom. The van der Waals surface area contributed by atoms with Crippen molar-refractivity contribution in [1.29, 1.82) is 0 Å². The molecule has 2 atom stereocenters. The van der Waals surface area contributed by atoms with Gasteiger partial charge in [0.2, 0.25) is 0 Å². The lowest BCUT2D eigenvalue weighted by Gasteiger charge is -2.23. The number of hydrogen-bond acceptors (Lipinski definition) is 2. The summed E-state index contributed by atoms with van der Waals surface area (Å²) in [5.41, 5.74) is 1.39. The summed E-state index contributed by atoms with van der Waals surface area (Å²) in [6.07, 6.45) is 1.41. The number of hydrogen-bond donors (Lipinski definition) is 1. The third-order valence-corrected chi connectivity index (χ3v) is 3.69. The van der Waals surface area contributed by atoms with E-state index >= 15 is 0 Å². The summed E-state index contributed by atoms with van der Waals surface area (Å²) in [7, 11) is 0. The quantitative estimate of drug-likeness (QED) is 0.758. The van der Waals surface area contributed by atoms with Crippen LogP contribution in [0.5, 0.6) is 5.75 Å². The van der Waals surface area contributed by atoms with Crippen molar-refractivity contribution >= 4 is 0 Å². The van der Waals surface area contributed by atoms with Crippen molar-refractivity contribution in [2.24, 2.45) is 5.92 Å². The van der Waals surface area contributed by atoms with Gasteiger partial charge in [-0.25, -0.2) is 0 Å². The molecule has 2 nitrogen and oxygen atoms in total. The van der Waals surface area contributed by atoms with Crippen LogP contribution in [0.3, 0.4) is 0 Å². The highest BCUT2D eigenvalue weighted by molar-refractivity contribution is 5.29. The highest BCUT2D eigenvalue weighted by Crippen LogP contribution is 2.22. The molecule has 2 unspecified atom stereocenters. The monoisotopic (exact) mass is 263 g/mol. The van der Waals surface area contributed by atoms with Gasteiger partial charge in [-0.3, -0.25) is 0 Å².